The maximum absolute atomic E-state index is 13.7. The van der Waals surface area contributed by atoms with E-state index in [1.807, 2.05) is 11.8 Å². The van der Waals surface area contributed by atoms with Gasteiger partial charge in [-0.05, 0) is 72.9 Å². The zero-order chi connectivity index (χ0) is 24.9. The van der Waals surface area contributed by atoms with Gasteiger partial charge in [-0.2, -0.15) is 0 Å². The normalized spacial score (nSPS) is 23.7. The summed E-state index contributed by atoms with van der Waals surface area (Å²) in [5, 5.41) is 9.65. The first kappa shape index (κ1) is 25.0. The third-order valence-electron chi connectivity index (χ3n) is 8.01. The molecule has 1 saturated heterocycles. The molecule has 3 atom stereocenters. The van der Waals surface area contributed by atoms with E-state index in [1.165, 1.54) is 47.1 Å². The van der Waals surface area contributed by atoms with E-state index in [9.17, 15) is 9.90 Å². The minimum Gasteiger partial charge on any atom is -0.459 e. The zero-order valence-corrected chi connectivity index (χ0v) is 21.5. The smallest absolute Gasteiger partial charge is 0.288 e. The van der Waals surface area contributed by atoms with Crippen molar-refractivity contribution in [3.63, 3.8) is 0 Å². The maximum atomic E-state index is 13.7. The van der Waals surface area contributed by atoms with Crippen LogP contribution in [0.4, 0.5) is 0 Å². The van der Waals surface area contributed by atoms with Crippen molar-refractivity contribution in [3.05, 3.63) is 71.0 Å². The van der Waals surface area contributed by atoms with Crippen molar-refractivity contribution in [2.75, 3.05) is 26.3 Å². The number of fused-ring (bicyclic) bond motifs is 3. The number of nitrogens with zero attached hydrogens (tertiary/aromatic N) is 1. The molecular formula is C31H39NO4. The lowest BCUT2D eigenvalue weighted by Crippen LogP contribution is -2.41. The molecule has 36 heavy (non-hydrogen) atoms. The summed E-state index contributed by atoms with van der Waals surface area (Å²) in [5.74, 6) is 0.423. The summed E-state index contributed by atoms with van der Waals surface area (Å²) in [7, 11) is 0. The average Bonchev–Trinajstić information content (AvgIpc) is 3.26. The van der Waals surface area contributed by atoms with E-state index < -0.39 is 6.29 Å². The number of rotatable bonds is 7. The number of carbonyl (C=O) groups excluding carboxylic acids is 1. The van der Waals surface area contributed by atoms with Gasteiger partial charge in [0.25, 0.3) is 5.91 Å². The Hall–Kier alpha value is -2.63. The summed E-state index contributed by atoms with van der Waals surface area (Å²) < 4.78 is 12.4. The van der Waals surface area contributed by atoms with E-state index in [0.29, 0.717) is 18.8 Å². The van der Waals surface area contributed by atoms with Gasteiger partial charge in [0, 0.05) is 38.1 Å². The van der Waals surface area contributed by atoms with Gasteiger partial charge in [0.15, 0.2) is 5.76 Å². The number of likely N-dealkylation sites (tertiary alicyclic amines) is 1. The quantitative estimate of drug-likeness (QED) is 0.456. The van der Waals surface area contributed by atoms with Crippen molar-refractivity contribution < 1.29 is 19.4 Å². The minimum absolute atomic E-state index is 0.0110. The second-order valence-electron chi connectivity index (χ2n) is 10.3. The molecule has 1 N–H and O–H groups in total. The van der Waals surface area contributed by atoms with Crippen molar-refractivity contribution in [2.24, 2.45) is 5.92 Å². The molecule has 1 aliphatic carbocycles. The van der Waals surface area contributed by atoms with Gasteiger partial charge in [-0.1, -0.05) is 61.7 Å². The number of hydrogen-bond donors (Lipinski definition) is 1. The Kier molecular flexibility index (Phi) is 8.08. The molecule has 1 amide bonds. The van der Waals surface area contributed by atoms with E-state index >= 15 is 0 Å². The van der Waals surface area contributed by atoms with Crippen LogP contribution in [-0.2, 0) is 20.7 Å². The van der Waals surface area contributed by atoms with Crippen LogP contribution < -0.4 is 0 Å². The van der Waals surface area contributed by atoms with Gasteiger partial charge < -0.3 is 19.5 Å². The number of aliphatic hydroxyl groups is 1. The van der Waals surface area contributed by atoms with E-state index in [1.54, 1.807) is 0 Å². The molecule has 5 heteroatoms. The molecule has 2 aromatic rings. The van der Waals surface area contributed by atoms with Crippen molar-refractivity contribution in [2.45, 2.75) is 70.5 Å². The van der Waals surface area contributed by atoms with Gasteiger partial charge >= 0.3 is 0 Å². The van der Waals surface area contributed by atoms with Crippen LogP contribution in [0.3, 0.4) is 0 Å². The highest BCUT2D eigenvalue weighted by atomic mass is 16.7. The maximum Gasteiger partial charge on any atom is 0.288 e. The van der Waals surface area contributed by atoms with Crippen molar-refractivity contribution in [1.29, 1.82) is 0 Å². The predicted octanol–water partition coefficient (Wildman–Crippen LogP) is 5.80. The largest absolute Gasteiger partial charge is 0.459 e. The van der Waals surface area contributed by atoms with E-state index in [2.05, 4.69) is 48.5 Å². The average molecular weight is 490 g/mol. The summed E-state index contributed by atoms with van der Waals surface area (Å²) in [5.41, 5.74) is 6.52. The van der Waals surface area contributed by atoms with Crippen LogP contribution in [0.15, 0.2) is 54.3 Å². The first-order valence-electron chi connectivity index (χ1n) is 13.8. The monoisotopic (exact) mass is 489 g/mol. The van der Waals surface area contributed by atoms with Crippen molar-refractivity contribution in [3.8, 4) is 11.1 Å². The molecular weight excluding hydrogens is 450 g/mol. The van der Waals surface area contributed by atoms with Crippen LogP contribution >= 0.6 is 0 Å². The van der Waals surface area contributed by atoms with Gasteiger partial charge in [-0.15, -0.1) is 0 Å². The number of amides is 1. The number of carbonyl (C=O) groups is 1. The SMILES string of the molecule is CCO[C@@H]1OC(C(=O)N2CCCCCCC2)=C[C@H](c2cccc3c2Cc2ccccc2-3)[C@H]1CCCO. The number of hydrogen-bond acceptors (Lipinski definition) is 4. The Morgan fingerprint density at radius 1 is 1.03 bits per heavy atom. The number of ether oxygens (including phenoxy) is 2. The summed E-state index contributed by atoms with van der Waals surface area (Å²) in [6.07, 6.45) is 9.58. The van der Waals surface area contributed by atoms with Gasteiger partial charge in [0.2, 0.25) is 6.29 Å². The van der Waals surface area contributed by atoms with E-state index in [4.69, 9.17) is 9.47 Å². The van der Waals surface area contributed by atoms with E-state index in [-0.39, 0.29) is 24.3 Å². The van der Waals surface area contributed by atoms with Crippen molar-refractivity contribution >= 4 is 5.91 Å². The Morgan fingerprint density at radius 3 is 2.56 bits per heavy atom. The fourth-order valence-corrected chi connectivity index (χ4v) is 6.22. The lowest BCUT2D eigenvalue weighted by Gasteiger charge is -2.38. The summed E-state index contributed by atoms with van der Waals surface area (Å²) in [6, 6.07) is 15.2. The molecule has 2 aromatic carbocycles. The van der Waals surface area contributed by atoms with Crippen LogP contribution in [0.1, 0.15) is 74.5 Å². The highest BCUT2D eigenvalue weighted by Crippen LogP contribution is 2.46. The molecule has 1 fully saturated rings. The molecule has 3 aliphatic rings. The van der Waals surface area contributed by atoms with Crippen LogP contribution in [0, 0.1) is 5.92 Å². The van der Waals surface area contributed by atoms with Gasteiger partial charge in [-0.25, -0.2) is 0 Å². The zero-order valence-electron chi connectivity index (χ0n) is 21.5. The molecule has 0 saturated carbocycles. The van der Waals surface area contributed by atoms with Crippen LogP contribution in [0.25, 0.3) is 11.1 Å². The number of benzene rings is 2. The lowest BCUT2D eigenvalue weighted by atomic mass is 9.78. The topological polar surface area (TPSA) is 59.0 Å². The standard InChI is InChI=1S/C31H39NO4/c1-2-35-31-26(16-11-19-33)28(21-29(36-31)30(34)32-17-8-4-3-5-9-18-32)25-15-10-14-24-23-13-7-6-12-22(23)20-27(24)25/h6-7,10,12-15,21,26,28,31,33H,2-5,8-9,11,16-20H2,1H3/t26-,28-,31-/m1/s1. The highest BCUT2D eigenvalue weighted by molar-refractivity contribution is 5.92. The molecule has 5 nitrogen and oxygen atoms in total. The summed E-state index contributed by atoms with van der Waals surface area (Å²) >= 11 is 0. The second-order valence-corrected chi connectivity index (χ2v) is 10.3. The molecule has 2 heterocycles. The lowest BCUT2D eigenvalue weighted by molar-refractivity contribution is -0.170. The van der Waals surface area contributed by atoms with Crippen LogP contribution in [0.5, 0.6) is 0 Å². The summed E-state index contributed by atoms with van der Waals surface area (Å²) in [6.45, 7) is 4.18. The predicted molar refractivity (Wildman–Crippen MR) is 141 cm³/mol. The Labute approximate surface area is 215 Å². The van der Waals surface area contributed by atoms with E-state index in [0.717, 1.165) is 38.8 Å². The Morgan fingerprint density at radius 2 is 1.78 bits per heavy atom. The summed E-state index contributed by atoms with van der Waals surface area (Å²) in [4.78, 5) is 15.7. The molecule has 0 bridgehead atoms. The molecule has 5 rings (SSSR count). The molecule has 0 radical (unpaired) electrons. The third-order valence-corrected chi connectivity index (χ3v) is 8.01. The Bertz CT molecular complexity index is 1090. The van der Waals surface area contributed by atoms with Gasteiger partial charge in [0.05, 0.1) is 0 Å². The van der Waals surface area contributed by atoms with Crippen molar-refractivity contribution in [1.82, 2.24) is 4.90 Å². The van der Waals surface area contributed by atoms with Gasteiger partial charge in [-0.3, -0.25) is 4.79 Å². The molecule has 2 aliphatic heterocycles. The minimum atomic E-state index is -0.509. The number of aliphatic hydroxyl groups excluding tert-OH is 1. The second kappa shape index (κ2) is 11.6. The fraction of sp³-hybridized carbons (Fsp3) is 0.516. The highest BCUT2D eigenvalue weighted by Gasteiger charge is 2.40. The third kappa shape index (κ3) is 5.09. The molecule has 0 aromatic heterocycles. The van der Waals surface area contributed by atoms with Gasteiger partial charge in [0.1, 0.15) is 0 Å². The number of allylic oxidation sites excluding steroid dienone is 1. The first-order valence-corrected chi connectivity index (χ1v) is 13.8. The Balaban J connectivity index is 1.54. The first-order chi connectivity index (χ1) is 17.7. The fourth-order valence-electron chi connectivity index (χ4n) is 6.22. The molecule has 0 spiro atoms. The molecule has 192 valence electrons. The van der Waals surface area contributed by atoms with Crippen LogP contribution in [0.2, 0.25) is 0 Å². The molecule has 0 unspecified atom stereocenters. The van der Waals surface area contributed by atoms with Crippen LogP contribution in [-0.4, -0.2) is 48.5 Å².